The smallest absolute Gasteiger partial charge is 0.418 e. The molecule has 0 bridgehead atoms. The van der Waals surface area contributed by atoms with Crippen molar-refractivity contribution in [2.24, 2.45) is 0 Å². The van der Waals surface area contributed by atoms with E-state index in [1.807, 2.05) is 5.32 Å². The highest BCUT2D eigenvalue weighted by atomic mass is 19.4. The van der Waals surface area contributed by atoms with Crippen LogP contribution >= 0.6 is 0 Å². The number of benzene rings is 2. The Balaban J connectivity index is 1.66. The number of amides is 2. The van der Waals surface area contributed by atoms with Gasteiger partial charge in [-0.25, -0.2) is 0 Å². The molecule has 0 spiro atoms. The summed E-state index contributed by atoms with van der Waals surface area (Å²) in [5.41, 5.74) is -2.71. The maximum Gasteiger partial charge on any atom is 0.418 e. The van der Waals surface area contributed by atoms with Gasteiger partial charge >= 0.3 is 18.0 Å². The van der Waals surface area contributed by atoms with Crippen LogP contribution in [0, 0.1) is 0 Å². The van der Waals surface area contributed by atoms with Gasteiger partial charge in [-0.1, -0.05) is 30.3 Å². The molecular formula is C20H17F3N2O4. The topological polar surface area (TPSA) is 91.6 Å². The van der Waals surface area contributed by atoms with Gasteiger partial charge in [-0.3, -0.25) is 9.59 Å². The Morgan fingerprint density at radius 3 is 2.38 bits per heavy atom. The van der Waals surface area contributed by atoms with Crippen molar-refractivity contribution in [2.75, 3.05) is 11.9 Å². The van der Waals surface area contributed by atoms with E-state index in [-0.39, 0.29) is 12.3 Å². The molecule has 3 aromatic rings. The molecule has 2 aromatic carbocycles. The lowest BCUT2D eigenvalue weighted by molar-refractivity contribution is -0.138. The number of hydrogen-bond acceptors (Lipinski definition) is 4. The number of halogens is 3. The summed E-state index contributed by atoms with van der Waals surface area (Å²) in [7, 11) is 0. The number of para-hydroxylation sites is 2. The molecule has 1 aromatic heterocycles. The van der Waals surface area contributed by atoms with Crippen LogP contribution in [0.4, 0.5) is 18.9 Å². The van der Waals surface area contributed by atoms with E-state index in [0.29, 0.717) is 5.58 Å². The maximum absolute atomic E-state index is 13.0. The van der Waals surface area contributed by atoms with E-state index in [1.54, 1.807) is 30.3 Å². The third kappa shape index (κ3) is 4.57. The monoisotopic (exact) mass is 406 g/mol. The molecule has 29 heavy (non-hydrogen) atoms. The van der Waals surface area contributed by atoms with Crippen LogP contribution in [0.2, 0.25) is 0 Å². The molecule has 3 N–H and O–H groups in total. The Morgan fingerprint density at radius 2 is 1.69 bits per heavy atom. The van der Waals surface area contributed by atoms with E-state index in [9.17, 15) is 27.9 Å². The number of carbonyl (C=O) groups excluding carboxylic acids is 2. The number of carbonyl (C=O) groups is 2. The molecule has 0 aliphatic rings. The van der Waals surface area contributed by atoms with Crippen LogP contribution in [0.25, 0.3) is 11.0 Å². The Bertz CT molecular complexity index is 1020. The van der Waals surface area contributed by atoms with Crippen LogP contribution in [-0.4, -0.2) is 23.5 Å². The molecule has 0 saturated carbocycles. The maximum atomic E-state index is 13.0. The van der Waals surface area contributed by atoms with Gasteiger partial charge in [-0.05, 0) is 31.2 Å². The number of hydrogen-bond donors (Lipinski definition) is 3. The minimum Gasteiger partial charge on any atom is -0.458 e. The molecule has 0 aliphatic heterocycles. The molecule has 1 unspecified atom stereocenters. The molecular weight excluding hydrogens is 389 g/mol. The van der Waals surface area contributed by atoms with Crippen LogP contribution in [-0.2, 0) is 21.4 Å². The molecule has 0 radical (unpaired) electrons. The molecule has 1 heterocycles. The largest absolute Gasteiger partial charge is 0.458 e. The first-order chi connectivity index (χ1) is 13.6. The first-order valence-electron chi connectivity index (χ1n) is 8.55. The lowest BCUT2D eigenvalue weighted by Crippen LogP contribution is -2.43. The summed E-state index contributed by atoms with van der Waals surface area (Å²) in [4.78, 5) is 24.0. The van der Waals surface area contributed by atoms with Gasteiger partial charge in [0, 0.05) is 5.39 Å². The third-order valence-corrected chi connectivity index (χ3v) is 4.24. The number of aliphatic hydroxyl groups is 1. The van der Waals surface area contributed by atoms with Crippen LogP contribution < -0.4 is 10.6 Å². The fraction of sp³-hybridized carbons (Fsp3) is 0.200. The van der Waals surface area contributed by atoms with Gasteiger partial charge in [0.05, 0.1) is 17.8 Å². The zero-order valence-electron chi connectivity index (χ0n) is 15.2. The molecule has 3 rings (SSSR count). The van der Waals surface area contributed by atoms with E-state index in [4.69, 9.17) is 4.42 Å². The Kier molecular flexibility index (Phi) is 5.34. The lowest BCUT2D eigenvalue weighted by Gasteiger charge is -2.21. The van der Waals surface area contributed by atoms with E-state index < -0.39 is 34.8 Å². The van der Waals surface area contributed by atoms with Crippen molar-refractivity contribution in [3.05, 3.63) is 65.9 Å². The van der Waals surface area contributed by atoms with Gasteiger partial charge in [0.2, 0.25) is 0 Å². The van der Waals surface area contributed by atoms with E-state index in [2.05, 4.69) is 5.32 Å². The minimum absolute atomic E-state index is 0.168. The van der Waals surface area contributed by atoms with Crippen LogP contribution in [0.3, 0.4) is 0 Å². The minimum atomic E-state index is -4.69. The second kappa shape index (κ2) is 7.59. The van der Waals surface area contributed by atoms with Gasteiger partial charge in [0.15, 0.2) is 0 Å². The lowest BCUT2D eigenvalue weighted by atomic mass is 10.0. The summed E-state index contributed by atoms with van der Waals surface area (Å²) in [6, 6.07) is 12.9. The molecule has 0 saturated heterocycles. The molecule has 0 aliphatic carbocycles. The molecule has 152 valence electrons. The van der Waals surface area contributed by atoms with Gasteiger partial charge in [0.25, 0.3) is 0 Å². The van der Waals surface area contributed by atoms with Gasteiger partial charge in [0.1, 0.15) is 16.9 Å². The van der Waals surface area contributed by atoms with Crippen LogP contribution in [0.1, 0.15) is 18.2 Å². The summed E-state index contributed by atoms with van der Waals surface area (Å²) >= 11 is 0. The highest BCUT2D eigenvalue weighted by Gasteiger charge is 2.34. The number of rotatable bonds is 4. The SMILES string of the molecule is CC(O)(CNC(=O)C(=O)Nc1ccccc1C(F)(F)F)c1cc2ccccc2o1. The van der Waals surface area contributed by atoms with Crippen LogP contribution in [0.5, 0.6) is 0 Å². The Morgan fingerprint density at radius 1 is 1.03 bits per heavy atom. The predicted octanol–water partition coefficient (Wildman–Crippen LogP) is 3.41. The predicted molar refractivity (Wildman–Crippen MR) is 98.9 cm³/mol. The summed E-state index contributed by atoms with van der Waals surface area (Å²) < 4.78 is 44.5. The van der Waals surface area contributed by atoms with E-state index in [0.717, 1.165) is 17.5 Å². The molecule has 6 nitrogen and oxygen atoms in total. The number of alkyl halides is 3. The first-order valence-corrected chi connectivity index (χ1v) is 8.55. The van der Waals surface area contributed by atoms with Gasteiger partial charge in [-0.2, -0.15) is 13.2 Å². The standard InChI is InChI=1S/C20H17F3N2O4/c1-19(28,16-10-12-6-2-5-9-15(12)29-16)11-24-17(26)18(27)25-14-8-4-3-7-13(14)20(21,22)23/h2-10,28H,11H2,1H3,(H,24,26)(H,25,27). The number of anilines is 1. The zero-order valence-corrected chi connectivity index (χ0v) is 15.2. The van der Waals surface area contributed by atoms with E-state index >= 15 is 0 Å². The Labute approximate surface area is 163 Å². The van der Waals surface area contributed by atoms with Crippen molar-refractivity contribution < 1.29 is 32.3 Å². The van der Waals surface area contributed by atoms with Gasteiger partial charge < -0.3 is 20.2 Å². The first kappa shape index (κ1) is 20.4. The second-order valence-electron chi connectivity index (χ2n) is 6.60. The average Bonchev–Trinajstić information content (AvgIpc) is 3.11. The van der Waals surface area contributed by atoms with Crippen molar-refractivity contribution in [1.29, 1.82) is 0 Å². The van der Waals surface area contributed by atoms with Crippen molar-refractivity contribution >= 4 is 28.5 Å². The quantitative estimate of drug-likeness (QED) is 0.579. The number of furan rings is 1. The highest BCUT2D eigenvalue weighted by Crippen LogP contribution is 2.34. The normalized spacial score (nSPS) is 13.7. The fourth-order valence-electron chi connectivity index (χ4n) is 2.69. The van der Waals surface area contributed by atoms with Crippen LogP contribution in [0.15, 0.2) is 59.0 Å². The molecule has 0 fully saturated rings. The highest BCUT2D eigenvalue weighted by molar-refractivity contribution is 6.39. The summed E-state index contributed by atoms with van der Waals surface area (Å²) in [5, 5.41) is 15.5. The zero-order chi connectivity index (χ0) is 21.2. The summed E-state index contributed by atoms with van der Waals surface area (Å²) in [6.45, 7) is 0.988. The summed E-state index contributed by atoms with van der Waals surface area (Å²) in [6.07, 6.45) is -4.69. The fourth-order valence-corrected chi connectivity index (χ4v) is 2.69. The van der Waals surface area contributed by atoms with Crippen molar-refractivity contribution in [3.63, 3.8) is 0 Å². The number of fused-ring (bicyclic) bond motifs is 1. The van der Waals surface area contributed by atoms with Crippen molar-refractivity contribution in [2.45, 2.75) is 18.7 Å². The Hall–Kier alpha value is -3.33. The third-order valence-electron chi connectivity index (χ3n) is 4.24. The van der Waals surface area contributed by atoms with E-state index in [1.165, 1.54) is 19.1 Å². The molecule has 1 atom stereocenters. The molecule has 9 heteroatoms. The average molecular weight is 406 g/mol. The molecule has 2 amide bonds. The van der Waals surface area contributed by atoms with Crippen molar-refractivity contribution in [1.82, 2.24) is 5.32 Å². The second-order valence-corrected chi connectivity index (χ2v) is 6.60. The van der Waals surface area contributed by atoms with Crippen molar-refractivity contribution in [3.8, 4) is 0 Å². The summed E-state index contributed by atoms with van der Waals surface area (Å²) in [5.74, 6) is -2.32. The van der Waals surface area contributed by atoms with Gasteiger partial charge in [-0.15, -0.1) is 0 Å². The number of nitrogens with one attached hydrogen (secondary N) is 2.